The molecular weight excluding hydrogens is 270 g/mol. The molecule has 20 heavy (non-hydrogen) atoms. The summed E-state index contributed by atoms with van der Waals surface area (Å²) in [6, 6.07) is 16.5. The van der Waals surface area contributed by atoms with E-state index in [1.807, 2.05) is 24.3 Å². The van der Waals surface area contributed by atoms with Crippen molar-refractivity contribution in [1.82, 2.24) is 5.43 Å². The zero-order valence-electron chi connectivity index (χ0n) is 10.9. The minimum absolute atomic E-state index is 0.154. The number of fused-ring (bicyclic) bond motifs is 2. The van der Waals surface area contributed by atoms with Crippen LogP contribution in [0.5, 0.6) is 0 Å². The molecule has 0 saturated carbocycles. The van der Waals surface area contributed by atoms with E-state index in [0.717, 1.165) is 11.4 Å². The standard InChI is InChI=1S/C15H15N3OS/c16-17-15(19)9-10-18-11-5-1-3-7-13(11)20-14-8-4-2-6-12(14)18/h1-8H,9-10,16H2,(H,17,19). The Morgan fingerprint density at radius 2 is 1.60 bits per heavy atom. The third kappa shape index (κ3) is 2.37. The molecule has 1 heterocycles. The van der Waals surface area contributed by atoms with Crippen LogP contribution in [0.1, 0.15) is 6.42 Å². The molecule has 0 aliphatic carbocycles. The fraction of sp³-hybridized carbons (Fsp3) is 0.133. The van der Waals surface area contributed by atoms with Gasteiger partial charge in [-0.15, -0.1) is 0 Å². The molecule has 3 N–H and O–H groups in total. The van der Waals surface area contributed by atoms with E-state index in [-0.39, 0.29) is 5.91 Å². The van der Waals surface area contributed by atoms with Crippen molar-refractivity contribution >= 4 is 29.0 Å². The Bertz CT molecular complexity index is 599. The number of amides is 1. The Kier molecular flexibility index (Phi) is 3.62. The van der Waals surface area contributed by atoms with Crippen LogP contribution in [0, 0.1) is 0 Å². The van der Waals surface area contributed by atoms with E-state index < -0.39 is 0 Å². The van der Waals surface area contributed by atoms with E-state index >= 15 is 0 Å². The molecule has 4 nitrogen and oxygen atoms in total. The molecule has 0 saturated heterocycles. The van der Waals surface area contributed by atoms with Gasteiger partial charge in [-0.25, -0.2) is 5.84 Å². The molecular formula is C15H15N3OS. The second-order valence-corrected chi connectivity index (χ2v) is 5.59. The van der Waals surface area contributed by atoms with Crippen molar-refractivity contribution in [3.05, 3.63) is 48.5 Å². The quantitative estimate of drug-likeness (QED) is 0.517. The summed E-state index contributed by atoms with van der Waals surface area (Å²) in [7, 11) is 0. The smallest absolute Gasteiger partial charge is 0.235 e. The zero-order chi connectivity index (χ0) is 13.9. The van der Waals surface area contributed by atoms with E-state index in [2.05, 4.69) is 34.6 Å². The Balaban J connectivity index is 1.97. The minimum atomic E-state index is -0.154. The zero-order valence-corrected chi connectivity index (χ0v) is 11.7. The molecule has 1 aliphatic heterocycles. The van der Waals surface area contributed by atoms with Gasteiger partial charge >= 0.3 is 0 Å². The van der Waals surface area contributed by atoms with Gasteiger partial charge in [-0.3, -0.25) is 10.2 Å². The van der Waals surface area contributed by atoms with Gasteiger partial charge in [0.1, 0.15) is 0 Å². The van der Waals surface area contributed by atoms with Gasteiger partial charge in [-0.2, -0.15) is 0 Å². The predicted molar refractivity (Wildman–Crippen MR) is 81.0 cm³/mol. The fourth-order valence-corrected chi connectivity index (χ4v) is 3.40. The number of rotatable bonds is 3. The van der Waals surface area contributed by atoms with Crippen LogP contribution < -0.4 is 16.2 Å². The highest BCUT2D eigenvalue weighted by molar-refractivity contribution is 7.99. The number of carbonyl (C=O) groups excluding carboxylic acids is 1. The molecule has 0 unspecified atom stereocenters. The first kappa shape index (κ1) is 13.0. The highest BCUT2D eigenvalue weighted by atomic mass is 32.2. The number of nitrogens with two attached hydrogens (primary N) is 1. The molecule has 0 bridgehead atoms. The van der Waals surface area contributed by atoms with Crippen LogP contribution in [0.4, 0.5) is 11.4 Å². The monoisotopic (exact) mass is 285 g/mol. The van der Waals surface area contributed by atoms with Crippen molar-refractivity contribution in [3.63, 3.8) is 0 Å². The van der Waals surface area contributed by atoms with Crippen LogP contribution in [0.25, 0.3) is 0 Å². The highest BCUT2D eigenvalue weighted by Gasteiger charge is 2.22. The van der Waals surface area contributed by atoms with Gasteiger partial charge in [0.15, 0.2) is 0 Å². The Morgan fingerprint density at radius 3 is 2.15 bits per heavy atom. The second-order valence-electron chi connectivity index (χ2n) is 4.51. The first-order chi connectivity index (χ1) is 9.79. The topological polar surface area (TPSA) is 58.4 Å². The van der Waals surface area contributed by atoms with Gasteiger partial charge < -0.3 is 4.90 Å². The van der Waals surface area contributed by atoms with Crippen LogP contribution >= 0.6 is 11.8 Å². The maximum Gasteiger partial charge on any atom is 0.235 e. The number of carbonyl (C=O) groups is 1. The number of hydrogen-bond acceptors (Lipinski definition) is 4. The summed E-state index contributed by atoms with van der Waals surface area (Å²) in [5, 5.41) is 0. The molecule has 0 aromatic heterocycles. The summed E-state index contributed by atoms with van der Waals surface area (Å²) in [6.07, 6.45) is 0.365. The molecule has 0 radical (unpaired) electrons. The Morgan fingerprint density at radius 1 is 1.05 bits per heavy atom. The molecule has 1 aliphatic rings. The number of benzene rings is 2. The van der Waals surface area contributed by atoms with Crippen LogP contribution in [0.3, 0.4) is 0 Å². The maximum atomic E-state index is 11.4. The lowest BCUT2D eigenvalue weighted by atomic mass is 10.2. The first-order valence-electron chi connectivity index (χ1n) is 6.42. The SMILES string of the molecule is NNC(=O)CCN1c2ccccc2Sc2ccccc21. The minimum Gasteiger partial charge on any atom is -0.339 e. The van der Waals surface area contributed by atoms with Crippen LogP contribution in [0.2, 0.25) is 0 Å². The maximum absolute atomic E-state index is 11.4. The van der Waals surface area contributed by atoms with Gasteiger partial charge in [0, 0.05) is 22.8 Å². The predicted octanol–water partition coefficient (Wildman–Crippen LogP) is 2.67. The fourth-order valence-electron chi connectivity index (χ4n) is 2.31. The van der Waals surface area contributed by atoms with Crippen molar-refractivity contribution in [2.75, 3.05) is 11.4 Å². The summed E-state index contributed by atoms with van der Waals surface area (Å²) in [4.78, 5) is 16.0. The largest absolute Gasteiger partial charge is 0.339 e. The lowest BCUT2D eigenvalue weighted by Gasteiger charge is -2.32. The van der Waals surface area contributed by atoms with Gasteiger partial charge in [0.25, 0.3) is 0 Å². The van der Waals surface area contributed by atoms with Crippen molar-refractivity contribution in [2.45, 2.75) is 16.2 Å². The van der Waals surface area contributed by atoms with E-state index in [4.69, 9.17) is 5.84 Å². The number of hydrazine groups is 1. The van der Waals surface area contributed by atoms with E-state index in [9.17, 15) is 4.79 Å². The summed E-state index contributed by atoms with van der Waals surface area (Å²) >= 11 is 1.76. The summed E-state index contributed by atoms with van der Waals surface area (Å²) in [6.45, 7) is 0.609. The van der Waals surface area contributed by atoms with Gasteiger partial charge in [0.05, 0.1) is 11.4 Å². The van der Waals surface area contributed by atoms with E-state index in [1.165, 1.54) is 9.79 Å². The molecule has 1 amide bonds. The lowest BCUT2D eigenvalue weighted by molar-refractivity contribution is -0.120. The Hall–Kier alpha value is -1.98. The highest BCUT2D eigenvalue weighted by Crippen LogP contribution is 2.47. The third-order valence-electron chi connectivity index (χ3n) is 3.26. The molecule has 2 aromatic carbocycles. The van der Waals surface area contributed by atoms with Crippen LogP contribution in [-0.4, -0.2) is 12.5 Å². The molecule has 0 atom stereocenters. The van der Waals surface area contributed by atoms with Crippen molar-refractivity contribution < 1.29 is 4.79 Å². The van der Waals surface area contributed by atoms with E-state index in [1.54, 1.807) is 11.8 Å². The number of hydrogen-bond donors (Lipinski definition) is 2. The van der Waals surface area contributed by atoms with Crippen molar-refractivity contribution in [2.24, 2.45) is 5.84 Å². The normalized spacial score (nSPS) is 12.6. The second kappa shape index (κ2) is 5.56. The van der Waals surface area contributed by atoms with Crippen molar-refractivity contribution in [1.29, 1.82) is 0 Å². The summed E-state index contributed by atoms with van der Waals surface area (Å²) < 4.78 is 0. The first-order valence-corrected chi connectivity index (χ1v) is 7.24. The summed E-state index contributed by atoms with van der Waals surface area (Å²) in [5.74, 6) is 5.00. The van der Waals surface area contributed by atoms with Crippen LogP contribution in [-0.2, 0) is 4.79 Å². The molecule has 0 spiro atoms. The third-order valence-corrected chi connectivity index (χ3v) is 4.39. The molecule has 2 aromatic rings. The van der Waals surface area contributed by atoms with Gasteiger partial charge in [-0.05, 0) is 24.3 Å². The van der Waals surface area contributed by atoms with Crippen LogP contribution in [0.15, 0.2) is 58.3 Å². The molecule has 102 valence electrons. The lowest BCUT2D eigenvalue weighted by Crippen LogP contribution is -2.33. The molecule has 3 rings (SSSR count). The number of anilines is 2. The summed E-state index contributed by atoms with van der Waals surface area (Å²) in [5.41, 5.74) is 4.46. The number of nitrogens with zero attached hydrogens (tertiary/aromatic N) is 1. The molecule has 5 heteroatoms. The molecule has 0 fully saturated rings. The average molecular weight is 285 g/mol. The van der Waals surface area contributed by atoms with Gasteiger partial charge in [0.2, 0.25) is 5.91 Å². The van der Waals surface area contributed by atoms with Gasteiger partial charge in [-0.1, -0.05) is 36.0 Å². The van der Waals surface area contributed by atoms with E-state index in [0.29, 0.717) is 13.0 Å². The van der Waals surface area contributed by atoms with Crippen molar-refractivity contribution in [3.8, 4) is 0 Å². The number of nitrogens with one attached hydrogen (secondary N) is 1. The Labute approximate surface area is 121 Å². The number of para-hydroxylation sites is 2. The average Bonchev–Trinajstić information content (AvgIpc) is 2.51.